The minimum Gasteiger partial charge on any atom is -0.493 e. The molecule has 0 aliphatic rings. The minimum absolute atomic E-state index is 0.183. The monoisotopic (exact) mass is 350 g/mol. The van der Waals surface area contributed by atoms with Crippen molar-refractivity contribution in [3.05, 3.63) is 41.0 Å². The molecule has 0 saturated heterocycles. The quantitative estimate of drug-likeness (QED) is 0.562. The second kappa shape index (κ2) is 8.93. The molecule has 0 aliphatic heterocycles. The number of ether oxygens (including phenoxy) is 2. The molecular formula is C16H19ClN4O3. The summed E-state index contributed by atoms with van der Waals surface area (Å²) in [4.78, 5) is 19.7. The normalized spacial score (nSPS) is 10.1. The van der Waals surface area contributed by atoms with Crippen molar-refractivity contribution in [2.45, 2.75) is 19.8 Å². The largest absolute Gasteiger partial charge is 0.493 e. The van der Waals surface area contributed by atoms with Crippen LogP contribution in [0.5, 0.6) is 11.6 Å². The van der Waals surface area contributed by atoms with Gasteiger partial charge in [-0.1, -0.05) is 11.6 Å². The number of carbonyl (C=O) groups is 1. The van der Waals surface area contributed by atoms with Gasteiger partial charge in [0.1, 0.15) is 5.75 Å². The highest BCUT2D eigenvalue weighted by molar-refractivity contribution is 6.30. The van der Waals surface area contributed by atoms with Crippen LogP contribution in [0.3, 0.4) is 0 Å². The Kier molecular flexibility index (Phi) is 6.62. The molecule has 0 saturated carbocycles. The van der Waals surface area contributed by atoms with Gasteiger partial charge in [0, 0.05) is 23.7 Å². The molecule has 7 nitrogen and oxygen atoms in total. The van der Waals surface area contributed by atoms with Crippen molar-refractivity contribution in [2.24, 2.45) is 0 Å². The number of benzene rings is 1. The number of rotatable bonds is 8. The highest BCUT2D eigenvalue weighted by Gasteiger charge is 2.04. The maximum Gasteiger partial charge on any atom is 0.245 e. The predicted molar refractivity (Wildman–Crippen MR) is 91.3 cm³/mol. The standard InChI is InChI=1S/C16H19ClN4O3/c1-11-10-12(17)5-6-13(11)24-9-3-4-14(22)20-21-16-18-8-7-15(19-16)23-2/h5-8,10H,3-4,9H2,1-2H3,(H,20,22)(H,18,19,21). The Morgan fingerprint density at radius 2 is 2.17 bits per heavy atom. The number of aryl methyl sites for hydroxylation is 1. The number of amides is 1. The number of nitrogens with zero attached hydrogens (tertiary/aromatic N) is 2. The number of anilines is 1. The zero-order valence-corrected chi connectivity index (χ0v) is 14.3. The van der Waals surface area contributed by atoms with Crippen LogP contribution in [0.15, 0.2) is 30.5 Å². The first kappa shape index (κ1) is 17.8. The molecule has 2 N–H and O–H groups in total. The Morgan fingerprint density at radius 3 is 2.92 bits per heavy atom. The van der Waals surface area contributed by atoms with E-state index < -0.39 is 0 Å². The van der Waals surface area contributed by atoms with Gasteiger partial charge in [0.15, 0.2) is 0 Å². The summed E-state index contributed by atoms with van der Waals surface area (Å²) in [6, 6.07) is 7.04. The van der Waals surface area contributed by atoms with Crippen LogP contribution in [0, 0.1) is 6.92 Å². The maximum atomic E-state index is 11.8. The average molecular weight is 351 g/mol. The number of aromatic nitrogens is 2. The van der Waals surface area contributed by atoms with Gasteiger partial charge in [0.2, 0.25) is 17.7 Å². The number of hydrogen-bond donors (Lipinski definition) is 2. The van der Waals surface area contributed by atoms with Crippen LogP contribution >= 0.6 is 11.6 Å². The maximum absolute atomic E-state index is 11.8. The van der Waals surface area contributed by atoms with Crippen molar-refractivity contribution in [3.63, 3.8) is 0 Å². The molecule has 1 heterocycles. The van der Waals surface area contributed by atoms with Crippen molar-refractivity contribution in [1.82, 2.24) is 15.4 Å². The third-order valence-corrected chi connectivity index (χ3v) is 3.33. The Labute approximate surface area is 145 Å². The fourth-order valence-corrected chi connectivity index (χ4v) is 2.12. The van der Waals surface area contributed by atoms with Gasteiger partial charge in [0.25, 0.3) is 0 Å². The number of hydrogen-bond acceptors (Lipinski definition) is 6. The van der Waals surface area contributed by atoms with E-state index in [1.54, 1.807) is 12.1 Å². The van der Waals surface area contributed by atoms with E-state index in [1.165, 1.54) is 13.3 Å². The van der Waals surface area contributed by atoms with Crippen LogP contribution in [0.25, 0.3) is 0 Å². The van der Waals surface area contributed by atoms with Crippen molar-refractivity contribution >= 4 is 23.5 Å². The van der Waals surface area contributed by atoms with Crippen molar-refractivity contribution in [3.8, 4) is 11.6 Å². The number of nitrogens with one attached hydrogen (secondary N) is 2. The molecule has 2 rings (SSSR count). The van der Waals surface area contributed by atoms with E-state index in [0.717, 1.165) is 11.3 Å². The van der Waals surface area contributed by atoms with E-state index in [0.29, 0.717) is 30.4 Å². The van der Waals surface area contributed by atoms with Gasteiger partial charge in [-0.25, -0.2) is 4.98 Å². The smallest absolute Gasteiger partial charge is 0.245 e. The number of halogens is 1. The molecule has 0 fully saturated rings. The molecule has 0 bridgehead atoms. The minimum atomic E-state index is -0.183. The molecule has 0 unspecified atom stereocenters. The van der Waals surface area contributed by atoms with Gasteiger partial charge in [-0.05, 0) is 37.1 Å². The number of carbonyl (C=O) groups excluding carboxylic acids is 1. The average Bonchev–Trinajstić information content (AvgIpc) is 2.58. The van der Waals surface area contributed by atoms with Crippen LogP contribution in [0.2, 0.25) is 5.02 Å². The lowest BCUT2D eigenvalue weighted by Gasteiger charge is -2.10. The van der Waals surface area contributed by atoms with E-state index in [-0.39, 0.29) is 11.9 Å². The van der Waals surface area contributed by atoms with Gasteiger partial charge in [-0.15, -0.1) is 0 Å². The summed E-state index contributed by atoms with van der Waals surface area (Å²) in [6.07, 6.45) is 2.42. The summed E-state index contributed by atoms with van der Waals surface area (Å²) in [7, 11) is 1.51. The highest BCUT2D eigenvalue weighted by atomic mass is 35.5. The van der Waals surface area contributed by atoms with Gasteiger partial charge in [-0.3, -0.25) is 15.6 Å². The van der Waals surface area contributed by atoms with Gasteiger partial charge < -0.3 is 9.47 Å². The third kappa shape index (κ3) is 5.58. The Balaban J connectivity index is 1.67. The summed E-state index contributed by atoms with van der Waals surface area (Å²) in [5.74, 6) is 1.25. The summed E-state index contributed by atoms with van der Waals surface area (Å²) >= 11 is 5.89. The molecule has 1 amide bonds. The summed E-state index contributed by atoms with van der Waals surface area (Å²) in [5.41, 5.74) is 6.12. The molecule has 0 spiro atoms. The molecule has 1 aromatic heterocycles. The van der Waals surface area contributed by atoms with E-state index in [4.69, 9.17) is 21.1 Å². The molecule has 128 valence electrons. The van der Waals surface area contributed by atoms with Gasteiger partial charge >= 0.3 is 0 Å². The van der Waals surface area contributed by atoms with Gasteiger partial charge in [-0.2, -0.15) is 4.98 Å². The Bertz CT molecular complexity index is 697. The summed E-state index contributed by atoms with van der Waals surface area (Å²) in [5, 5.41) is 0.671. The SMILES string of the molecule is COc1ccnc(NNC(=O)CCCOc2ccc(Cl)cc2C)n1. The van der Waals surface area contributed by atoms with E-state index >= 15 is 0 Å². The zero-order valence-electron chi connectivity index (χ0n) is 13.5. The number of methoxy groups -OCH3 is 1. The molecular weight excluding hydrogens is 332 g/mol. The second-order valence-corrected chi connectivity index (χ2v) is 5.39. The lowest BCUT2D eigenvalue weighted by molar-refractivity contribution is -0.120. The van der Waals surface area contributed by atoms with Crippen molar-refractivity contribution < 1.29 is 14.3 Å². The number of hydrazine groups is 1. The molecule has 2 aromatic rings. The first-order valence-electron chi connectivity index (χ1n) is 7.39. The van der Waals surface area contributed by atoms with Crippen LogP contribution in [-0.4, -0.2) is 29.6 Å². The molecule has 24 heavy (non-hydrogen) atoms. The lowest BCUT2D eigenvalue weighted by atomic mass is 10.2. The Morgan fingerprint density at radius 1 is 1.33 bits per heavy atom. The van der Waals surface area contributed by atoms with Gasteiger partial charge in [0.05, 0.1) is 13.7 Å². The highest BCUT2D eigenvalue weighted by Crippen LogP contribution is 2.21. The summed E-state index contributed by atoms with van der Waals surface area (Å²) in [6.45, 7) is 2.36. The van der Waals surface area contributed by atoms with E-state index in [2.05, 4.69) is 20.8 Å². The fraction of sp³-hybridized carbons (Fsp3) is 0.312. The van der Waals surface area contributed by atoms with E-state index in [9.17, 15) is 4.79 Å². The van der Waals surface area contributed by atoms with Crippen LogP contribution in [0.1, 0.15) is 18.4 Å². The van der Waals surface area contributed by atoms with Crippen LogP contribution in [0.4, 0.5) is 5.95 Å². The molecule has 8 heteroatoms. The molecule has 0 radical (unpaired) electrons. The molecule has 1 aromatic carbocycles. The predicted octanol–water partition coefficient (Wildman–Crippen LogP) is 2.75. The topological polar surface area (TPSA) is 85.4 Å². The zero-order chi connectivity index (χ0) is 17.4. The first-order chi connectivity index (χ1) is 11.6. The molecule has 0 aliphatic carbocycles. The summed E-state index contributed by atoms with van der Waals surface area (Å²) < 4.78 is 10.6. The van der Waals surface area contributed by atoms with Crippen molar-refractivity contribution in [1.29, 1.82) is 0 Å². The van der Waals surface area contributed by atoms with Crippen LogP contribution in [-0.2, 0) is 4.79 Å². The lowest BCUT2D eigenvalue weighted by Crippen LogP contribution is -2.30. The van der Waals surface area contributed by atoms with Crippen molar-refractivity contribution in [2.75, 3.05) is 19.1 Å². The first-order valence-corrected chi connectivity index (χ1v) is 7.77. The Hall–Kier alpha value is -2.54. The van der Waals surface area contributed by atoms with E-state index in [1.807, 2.05) is 19.1 Å². The fourth-order valence-electron chi connectivity index (χ4n) is 1.89. The molecule has 0 atom stereocenters. The second-order valence-electron chi connectivity index (χ2n) is 4.96. The van der Waals surface area contributed by atoms with Crippen LogP contribution < -0.4 is 20.3 Å². The third-order valence-electron chi connectivity index (χ3n) is 3.10.